The number of fused-ring (bicyclic) bond motifs is 1. The number of piperidine rings is 1. The lowest BCUT2D eigenvalue weighted by atomic mass is 10.0. The van der Waals surface area contributed by atoms with E-state index in [1.165, 1.54) is 5.56 Å². The van der Waals surface area contributed by atoms with Gasteiger partial charge in [0.2, 0.25) is 5.82 Å². The SMILES string of the molecule is CC.N#Cc1nccc(NC2CCN(Cc3ccc(-c4nc5ccncc5nc4-c4ccccc4)cc3)CC2)n1. The third kappa shape index (κ3) is 6.28. The molecule has 3 aromatic heterocycles. The molecular weight excluding hydrogens is 496 g/mol. The molecule has 40 heavy (non-hydrogen) atoms. The number of hydrogen-bond donors (Lipinski definition) is 1. The normalized spacial score (nSPS) is 13.7. The molecule has 0 spiro atoms. The molecule has 200 valence electrons. The van der Waals surface area contributed by atoms with Crippen LogP contribution in [0.3, 0.4) is 0 Å². The van der Waals surface area contributed by atoms with Crippen LogP contribution < -0.4 is 5.32 Å². The zero-order valence-electron chi connectivity index (χ0n) is 22.8. The van der Waals surface area contributed by atoms with Crippen LogP contribution in [0.5, 0.6) is 0 Å². The first-order chi connectivity index (χ1) is 19.7. The van der Waals surface area contributed by atoms with E-state index in [0.717, 1.165) is 66.0 Å². The molecule has 1 aliphatic rings. The van der Waals surface area contributed by atoms with E-state index in [1.807, 2.05) is 50.2 Å². The summed E-state index contributed by atoms with van der Waals surface area (Å²) in [7, 11) is 0. The molecule has 0 aliphatic carbocycles. The van der Waals surface area contributed by atoms with Crippen molar-refractivity contribution in [3.05, 3.63) is 96.7 Å². The summed E-state index contributed by atoms with van der Waals surface area (Å²) in [5, 5.41) is 12.5. The number of rotatable bonds is 6. The smallest absolute Gasteiger partial charge is 0.234 e. The van der Waals surface area contributed by atoms with Gasteiger partial charge in [-0.25, -0.2) is 19.9 Å². The summed E-state index contributed by atoms with van der Waals surface area (Å²) < 4.78 is 0. The first kappa shape index (κ1) is 26.9. The van der Waals surface area contributed by atoms with Crippen LogP contribution in [0.25, 0.3) is 33.5 Å². The Morgan fingerprint density at radius 3 is 2.25 bits per heavy atom. The molecule has 8 heteroatoms. The monoisotopic (exact) mass is 528 g/mol. The molecule has 0 bridgehead atoms. The number of nitrogens with one attached hydrogen (secondary N) is 1. The van der Waals surface area contributed by atoms with E-state index in [4.69, 9.17) is 15.2 Å². The molecule has 8 nitrogen and oxygen atoms in total. The lowest BCUT2D eigenvalue weighted by molar-refractivity contribution is 0.211. The van der Waals surface area contributed by atoms with Gasteiger partial charge >= 0.3 is 0 Å². The van der Waals surface area contributed by atoms with Crippen LogP contribution in [-0.2, 0) is 6.54 Å². The van der Waals surface area contributed by atoms with Gasteiger partial charge < -0.3 is 5.32 Å². The molecule has 0 radical (unpaired) electrons. The predicted octanol–water partition coefficient (Wildman–Crippen LogP) is 6.12. The fourth-order valence-corrected chi connectivity index (χ4v) is 4.87. The van der Waals surface area contributed by atoms with E-state index in [1.54, 1.807) is 18.6 Å². The molecule has 4 heterocycles. The van der Waals surface area contributed by atoms with Crippen molar-refractivity contribution in [1.82, 2.24) is 29.8 Å². The predicted molar refractivity (Wildman–Crippen MR) is 158 cm³/mol. The summed E-state index contributed by atoms with van der Waals surface area (Å²) in [4.78, 5) is 24.8. The van der Waals surface area contributed by atoms with Gasteiger partial charge in [0, 0.05) is 49.2 Å². The van der Waals surface area contributed by atoms with Crippen LogP contribution in [0.1, 0.15) is 38.1 Å². The summed E-state index contributed by atoms with van der Waals surface area (Å²) in [6, 6.07) is 24.9. The van der Waals surface area contributed by atoms with Crippen molar-refractivity contribution in [2.75, 3.05) is 18.4 Å². The van der Waals surface area contributed by atoms with Crippen LogP contribution in [0.4, 0.5) is 5.82 Å². The van der Waals surface area contributed by atoms with E-state index >= 15 is 0 Å². The third-order valence-electron chi connectivity index (χ3n) is 6.84. The van der Waals surface area contributed by atoms with Crippen LogP contribution >= 0.6 is 0 Å². The number of nitriles is 1. The van der Waals surface area contributed by atoms with E-state index in [-0.39, 0.29) is 5.82 Å². The number of nitrogens with zero attached hydrogens (tertiary/aromatic N) is 7. The van der Waals surface area contributed by atoms with E-state index in [2.05, 4.69) is 61.6 Å². The van der Waals surface area contributed by atoms with E-state index < -0.39 is 0 Å². The summed E-state index contributed by atoms with van der Waals surface area (Å²) in [5.41, 5.74) is 6.71. The molecule has 1 N–H and O–H groups in total. The second-order valence-electron chi connectivity index (χ2n) is 9.42. The van der Waals surface area contributed by atoms with Crippen molar-refractivity contribution in [3.63, 3.8) is 0 Å². The molecule has 0 amide bonds. The van der Waals surface area contributed by atoms with Gasteiger partial charge in [0.15, 0.2) is 0 Å². The Morgan fingerprint density at radius 1 is 0.825 bits per heavy atom. The number of likely N-dealkylation sites (tertiary alicyclic amines) is 1. The van der Waals surface area contributed by atoms with Crippen molar-refractivity contribution in [3.8, 4) is 28.6 Å². The zero-order valence-corrected chi connectivity index (χ0v) is 22.8. The second kappa shape index (κ2) is 12.9. The van der Waals surface area contributed by atoms with Gasteiger partial charge in [0.1, 0.15) is 17.4 Å². The maximum Gasteiger partial charge on any atom is 0.234 e. The standard InChI is InChI=1S/C30H26N8.C2H6/c31-18-28-33-15-11-27(37-28)34-24-12-16-38(17-13-24)20-21-6-8-23(9-7-21)30-29(22-4-2-1-3-5-22)36-26-19-32-14-10-25(26)35-30;1-2/h1-11,14-15,19,24H,12-13,16-17,20H2,(H,33,34,37);1-2H3. The highest BCUT2D eigenvalue weighted by Crippen LogP contribution is 2.31. The summed E-state index contributed by atoms with van der Waals surface area (Å²) in [6.07, 6.45) is 7.17. The highest BCUT2D eigenvalue weighted by Gasteiger charge is 2.20. The molecule has 0 atom stereocenters. The van der Waals surface area contributed by atoms with Crippen LogP contribution in [0, 0.1) is 11.3 Å². The average Bonchev–Trinajstić information content (AvgIpc) is 3.03. The molecule has 5 aromatic rings. The first-order valence-corrected chi connectivity index (χ1v) is 13.7. The second-order valence-corrected chi connectivity index (χ2v) is 9.42. The van der Waals surface area contributed by atoms with Crippen molar-refractivity contribution >= 4 is 16.9 Å². The molecule has 2 aromatic carbocycles. The fraction of sp³-hybridized carbons (Fsp3) is 0.250. The number of pyridine rings is 1. The molecule has 6 rings (SSSR count). The van der Waals surface area contributed by atoms with Crippen molar-refractivity contribution < 1.29 is 0 Å². The molecular formula is C32H32N8. The van der Waals surface area contributed by atoms with E-state index in [0.29, 0.717) is 11.9 Å². The quantitative estimate of drug-likeness (QED) is 0.281. The van der Waals surface area contributed by atoms with Gasteiger partial charge in [-0.3, -0.25) is 9.88 Å². The molecule has 1 saturated heterocycles. The number of anilines is 1. The van der Waals surface area contributed by atoms with Gasteiger partial charge in [-0.15, -0.1) is 0 Å². The van der Waals surface area contributed by atoms with Gasteiger partial charge in [0.05, 0.1) is 23.1 Å². The summed E-state index contributed by atoms with van der Waals surface area (Å²) in [6.45, 7) is 6.90. The zero-order chi connectivity index (χ0) is 27.7. The Balaban J connectivity index is 0.00000158. The van der Waals surface area contributed by atoms with Crippen molar-refractivity contribution in [2.24, 2.45) is 0 Å². The lowest BCUT2D eigenvalue weighted by Gasteiger charge is -2.32. The Labute approximate surface area is 234 Å². The maximum atomic E-state index is 9.01. The van der Waals surface area contributed by atoms with Crippen LogP contribution in [0.15, 0.2) is 85.3 Å². The highest BCUT2D eigenvalue weighted by atomic mass is 15.1. The molecule has 0 saturated carbocycles. The number of hydrogen-bond acceptors (Lipinski definition) is 8. The van der Waals surface area contributed by atoms with Gasteiger partial charge in [-0.1, -0.05) is 68.4 Å². The number of aromatic nitrogens is 5. The fourth-order valence-electron chi connectivity index (χ4n) is 4.87. The minimum absolute atomic E-state index is 0.193. The molecule has 0 unspecified atom stereocenters. The Kier molecular flexibility index (Phi) is 8.64. The minimum atomic E-state index is 0.193. The molecule has 1 aliphatic heterocycles. The lowest BCUT2D eigenvalue weighted by Crippen LogP contribution is -2.38. The van der Waals surface area contributed by atoms with Crippen molar-refractivity contribution in [1.29, 1.82) is 5.26 Å². The van der Waals surface area contributed by atoms with E-state index in [9.17, 15) is 0 Å². The first-order valence-electron chi connectivity index (χ1n) is 13.7. The Hall–Kier alpha value is -4.74. The third-order valence-corrected chi connectivity index (χ3v) is 6.84. The van der Waals surface area contributed by atoms with Gasteiger partial charge in [-0.2, -0.15) is 5.26 Å². The highest BCUT2D eigenvalue weighted by molar-refractivity contribution is 5.85. The van der Waals surface area contributed by atoms with Gasteiger partial charge in [0.25, 0.3) is 0 Å². The number of benzene rings is 2. The Bertz CT molecular complexity index is 1590. The van der Waals surface area contributed by atoms with Gasteiger partial charge in [-0.05, 0) is 30.5 Å². The van der Waals surface area contributed by atoms with Crippen molar-refractivity contribution in [2.45, 2.75) is 39.3 Å². The Morgan fingerprint density at radius 2 is 1.52 bits per heavy atom. The topological polar surface area (TPSA) is 104 Å². The summed E-state index contributed by atoms with van der Waals surface area (Å²) in [5.74, 6) is 0.909. The summed E-state index contributed by atoms with van der Waals surface area (Å²) >= 11 is 0. The largest absolute Gasteiger partial charge is 0.367 e. The maximum absolute atomic E-state index is 9.01. The minimum Gasteiger partial charge on any atom is -0.367 e. The van der Waals surface area contributed by atoms with Crippen LogP contribution in [-0.4, -0.2) is 49.0 Å². The van der Waals surface area contributed by atoms with Crippen LogP contribution in [0.2, 0.25) is 0 Å². The average molecular weight is 529 g/mol. The molecule has 1 fully saturated rings.